The summed E-state index contributed by atoms with van der Waals surface area (Å²) in [4.78, 5) is 22.3. The Bertz CT molecular complexity index is 539. The molecule has 20 heavy (non-hydrogen) atoms. The molecule has 1 saturated carbocycles. The summed E-state index contributed by atoms with van der Waals surface area (Å²) in [6, 6.07) is 1.36. The van der Waals surface area contributed by atoms with Crippen molar-refractivity contribution < 1.29 is 28.6 Å². The summed E-state index contributed by atoms with van der Waals surface area (Å²) < 4.78 is 28.2. The highest BCUT2D eigenvalue weighted by Crippen LogP contribution is 2.42. The summed E-state index contributed by atoms with van der Waals surface area (Å²) in [5.74, 6) is -4.93. The largest absolute Gasteiger partial charge is 0.481 e. The van der Waals surface area contributed by atoms with Gasteiger partial charge in [-0.2, -0.15) is 0 Å². The van der Waals surface area contributed by atoms with E-state index in [1.165, 1.54) is 0 Å². The van der Waals surface area contributed by atoms with Crippen molar-refractivity contribution in [3.05, 3.63) is 34.9 Å². The predicted molar refractivity (Wildman–Crippen MR) is 65.7 cm³/mol. The maximum absolute atomic E-state index is 14.1. The lowest BCUT2D eigenvalue weighted by Crippen LogP contribution is -2.39. The molecule has 0 unspecified atom stereocenters. The average molecular weight is 284 g/mol. The Hall–Kier alpha value is -1.98. The standard InChI is InChI=1S/C14H14F2O4/c15-9-6-8(12(17)18)7-10(16)11(9)14(13(19)20)4-2-1-3-5-14/h6-7H,1-5H2,(H,17,18)(H,19,20). The second-order valence-corrected chi connectivity index (χ2v) is 5.07. The molecule has 0 aliphatic heterocycles. The van der Waals surface area contributed by atoms with Gasteiger partial charge in [0.15, 0.2) is 0 Å². The molecule has 0 aromatic heterocycles. The highest BCUT2D eigenvalue weighted by molar-refractivity contribution is 5.88. The molecule has 0 radical (unpaired) electrons. The lowest BCUT2D eigenvalue weighted by atomic mass is 9.69. The number of benzene rings is 1. The molecule has 0 spiro atoms. The number of carboxylic acids is 2. The second kappa shape index (κ2) is 5.19. The summed E-state index contributed by atoms with van der Waals surface area (Å²) in [5, 5.41) is 18.2. The van der Waals surface area contributed by atoms with Gasteiger partial charge in [0, 0.05) is 5.56 Å². The van der Waals surface area contributed by atoms with E-state index in [1.54, 1.807) is 0 Å². The molecule has 4 nitrogen and oxygen atoms in total. The fraction of sp³-hybridized carbons (Fsp3) is 0.429. The fourth-order valence-electron chi connectivity index (χ4n) is 2.88. The minimum absolute atomic E-state index is 0.155. The van der Waals surface area contributed by atoms with Crippen molar-refractivity contribution in [2.45, 2.75) is 37.5 Å². The van der Waals surface area contributed by atoms with Crippen LogP contribution in [0.2, 0.25) is 0 Å². The van der Waals surface area contributed by atoms with E-state index in [-0.39, 0.29) is 12.8 Å². The molecule has 0 heterocycles. The Labute approximate surface area is 114 Å². The highest BCUT2D eigenvalue weighted by atomic mass is 19.1. The number of hydrogen-bond donors (Lipinski definition) is 2. The van der Waals surface area contributed by atoms with Crippen molar-refractivity contribution in [3.63, 3.8) is 0 Å². The summed E-state index contributed by atoms with van der Waals surface area (Å²) in [7, 11) is 0. The Kier molecular flexibility index (Phi) is 3.74. The Morgan fingerprint density at radius 3 is 1.90 bits per heavy atom. The van der Waals surface area contributed by atoms with Gasteiger partial charge in [-0.1, -0.05) is 19.3 Å². The molecule has 0 saturated heterocycles. The minimum Gasteiger partial charge on any atom is -0.481 e. The third-order valence-corrected chi connectivity index (χ3v) is 3.88. The Morgan fingerprint density at radius 2 is 1.50 bits per heavy atom. The molecule has 1 aliphatic carbocycles. The molecule has 2 rings (SSSR count). The highest BCUT2D eigenvalue weighted by Gasteiger charge is 2.45. The van der Waals surface area contributed by atoms with E-state index in [1.807, 2.05) is 0 Å². The van der Waals surface area contributed by atoms with Crippen LogP contribution in [-0.2, 0) is 10.2 Å². The van der Waals surface area contributed by atoms with Gasteiger partial charge in [0.25, 0.3) is 0 Å². The van der Waals surface area contributed by atoms with Gasteiger partial charge in [-0.3, -0.25) is 4.79 Å². The zero-order valence-electron chi connectivity index (χ0n) is 10.7. The van der Waals surface area contributed by atoms with Crippen LogP contribution in [0.5, 0.6) is 0 Å². The van der Waals surface area contributed by atoms with Crippen LogP contribution in [0.25, 0.3) is 0 Å². The molecule has 0 atom stereocenters. The molecule has 1 aromatic carbocycles. The van der Waals surface area contributed by atoms with Crippen LogP contribution in [-0.4, -0.2) is 22.2 Å². The minimum atomic E-state index is -1.59. The van der Waals surface area contributed by atoms with Crippen molar-refractivity contribution in [1.82, 2.24) is 0 Å². The van der Waals surface area contributed by atoms with Gasteiger partial charge < -0.3 is 10.2 Å². The topological polar surface area (TPSA) is 74.6 Å². The normalized spacial score (nSPS) is 17.7. The van der Waals surface area contributed by atoms with Crippen LogP contribution >= 0.6 is 0 Å². The number of carbonyl (C=O) groups is 2. The molecule has 1 fully saturated rings. The lowest BCUT2D eigenvalue weighted by molar-refractivity contribution is -0.145. The van der Waals surface area contributed by atoms with Gasteiger partial charge in [0.2, 0.25) is 0 Å². The zero-order valence-corrected chi connectivity index (χ0v) is 10.7. The summed E-state index contributed by atoms with van der Waals surface area (Å²) in [5.41, 5.74) is -2.64. The van der Waals surface area contributed by atoms with E-state index in [9.17, 15) is 23.5 Å². The number of halogens is 2. The van der Waals surface area contributed by atoms with Crippen LogP contribution in [0, 0.1) is 11.6 Å². The SMILES string of the molecule is O=C(O)c1cc(F)c(C2(C(=O)O)CCCCC2)c(F)c1. The number of hydrogen-bond acceptors (Lipinski definition) is 2. The molecule has 2 N–H and O–H groups in total. The first-order valence-electron chi connectivity index (χ1n) is 6.35. The summed E-state index contributed by atoms with van der Waals surface area (Å²) >= 11 is 0. The van der Waals surface area contributed by atoms with Crippen molar-refractivity contribution in [2.75, 3.05) is 0 Å². The average Bonchev–Trinajstić information content (AvgIpc) is 2.38. The monoisotopic (exact) mass is 284 g/mol. The van der Waals surface area contributed by atoms with E-state index in [2.05, 4.69) is 0 Å². The maximum Gasteiger partial charge on any atom is 0.335 e. The van der Waals surface area contributed by atoms with Gasteiger partial charge in [-0.05, 0) is 25.0 Å². The third-order valence-electron chi connectivity index (χ3n) is 3.88. The van der Waals surface area contributed by atoms with E-state index in [0.29, 0.717) is 25.0 Å². The Morgan fingerprint density at radius 1 is 1.00 bits per heavy atom. The molecule has 1 aliphatic rings. The fourth-order valence-corrected chi connectivity index (χ4v) is 2.88. The molecule has 0 bridgehead atoms. The maximum atomic E-state index is 14.1. The first-order chi connectivity index (χ1) is 9.38. The molecule has 0 amide bonds. The van der Waals surface area contributed by atoms with Gasteiger partial charge >= 0.3 is 11.9 Å². The van der Waals surface area contributed by atoms with E-state index in [0.717, 1.165) is 6.42 Å². The van der Waals surface area contributed by atoms with E-state index >= 15 is 0 Å². The number of rotatable bonds is 3. The van der Waals surface area contributed by atoms with Crippen LogP contribution in [0.4, 0.5) is 8.78 Å². The quantitative estimate of drug-likeness (QED) is 0.894. The molecular formula is C14H14F2O4. The summed E-state index contributed by atoms with van der Waals surface area (Å²) in [6.07, 6.45) is 2.29. The first-order valence-corrected chi connectivity index (χ1v) is 6.35. The molecule has 108 valence electrons. The molecule has 1 aromatic rings. The first kappa shape index (κ1) is 14.4. The summed E-state index contributed by atoms with van der Waals surface area (Å²) in [6.45, 7) is 0. The van der Waals surface area contributed by atoms with Crippen LogP contribution in [0.15, 0.2) is 12.1 Å². The number of aromatic carboxylic acids is 1. The van der Waals surface area contributed by atoms with Crippen molar-refractivity contribution >= 4 is 11.9 Å². The Balaban J connectivity index is 2.60. The van der Waals surface area contributed by atoms with Gasteiger partial charge in [0.1, 0.15) is 11.6 Å². The second-order valence-electron chi connectivity index (χ2n) is 5.07. The van der Waals surface area contributed by atoms with E-state index < -0.39 is 40.1 Å². The zero-order chi connectivity index (χ0) is 14.9. The smallest absolute Gasteiger partial charge is 0.335 e. The van der Waals surface area contributed by atoms with Crippen LogP contribution in [0.1, 0.15) is 48.0 Å². The van der Waals surface area contributed by atoms with Crippen molar-refractivity contribution in [3.8, 4) is 0 Å². The third kappa shape index (κ3) is 2.26. The number of aliphatic carboxylic acids is 1. The van der Waals surface area contributed by atoms with Crippen molar-refractivity contribution in [2.24, 2.45) is 0 Å². The van der Waals surface area contributed by atoms with Crippen LogP contribution in [0.3, 0.4) is 0 Å². The van der Waals surface area contributed by atoms with Gasteiger partial charge in [-0.15, -0.1) is 0 Å². The lowest BCUT2D eigenvalue weighted by Gasteiger charge is -2.34. The van der Waals surface area contributed by atoms with Gasteiger partial charge in [0.05, 0.1) is 11.0 Å². The predicted octanol–water partition coefficient (Wildman–Crippen LogP) is 2.95. The molecular weight excluding hydrogens is 270 g/mol. The van der Waals surface area contributed by atoms with E-state index in [4.69, 9.17) is 5.11 Å². The number of carboxylic acid groups (broad SMARTS) is 2. The molecule has 6 heteroatoms. The van der Waals surface area contributed by atoms with Gasteiger partial charge in [-0.25, -0.2) is 13.6 Å². The van der Waals surface area contributed by atoms with Crippen molar-refractivity contribution in [1.29, 1.82) is 0 Å². The van der Waals surface area contributed by atoms with Crippen LogP contribution < -0.4 is 0 Å².